The van der Waals surface area contributed by atoms with Gasteiger partial charge in [0.1, 0.15) is 5.82 Å². The van der Waals surface area contributed by atoms with Crippen molar-refractivity contribution in [3.05, 3.63) is 28.8 Å². The first kappa shape index (κ1) is 16.5. The fourth-order valence-electron chi connectivity index (χ4n) is 2.85. The van der Waals surface area contributed by atoms with E-state index >= 15 is 0 Å². The second-order valence-electron chi connectivity index (χ2n) is 5.89. The van der Waals surface area contributed by atoms with Crippen LogP contribution in [-0.4, -0.2) is 47.0 Å². The van der Waals surface area contributed by atoms with Crippen molar-refractivity contribution in [1.82, 2.24) is 19.3 Å². The zero-order valence-corrected chi connectivity index (χ0v) is 15.1. The molecule has 1 saturated heterocycles. The lowest BCUT2D eigenvalue weighted by Crippen LogP contribution is -2.37. The van der Waals surface area contributed by atoms with Crippen LogP contribution in [0.4, 0.5) is 0 Å². The van der Waals surface area contributed by atoms with Gasteiger partial charge in [-0.05, 0) is 32.8 Å². The van der Waals surface area contributed by atoms with Gasteiger partial charge in [0.15, 0.2) is 0 Å². The Morgan fingerprint density at radius 3 is 2.52 bits per heavy atom. The Balaban J connectivity index is 1.80. The van der Waals surface area contributed by atoms with E-state index in [2.05, 4.69) is 9.97 Å². The van der Waals surface area contributed by atoms with Crippen LogP contribution in [0, 0.1) is 13.8 Å². The number of hydrogen-bond acceptors (Lipinski definition) is 6. The molecule has 8 heteroatoms. The lowest BCUT2D eigenvalue weighted by molar-refractivity contribution is 0.321. The van der Waals surface area contributed by atoms with Crippen LogP contribution >= 0.6 is 11.3 Å². The van der Waals surface area contributed by atoms with Gasteiger partial charge in [-0.15, -0.1) is 11.3 Å². The topological polar surface area (TPSA) is 76.1 Å². The predicted octanol–water partition coefficient (Wildman–Crippen LogP) is 2.36. The van der Waals surface area contributed by atoms with Crippen LogP contribution in [-0.2, 0) is 10.0 Å². The number of sulfonamides is 1. The zero-order chi connectivity index (χ0) is 16.6. The van der Waals surface area contributed by atoms with E-state index in [0.29, 0.717) is 19.0 Å². The van der Waals surface area contributed by atoms with Crippen LogP contribution in [0.1, 0.15) is 35.3 Å². The Hall–Kier alpha value is -1.38. The highest BCUT2D eigenvalue weighted by Gasteiger charge is 2.28. The minimum Gasteiger partial charge on any atom is -0.246 e. The second kappa shape index (κ2) is 6.26. The number of rotatable bonds is 3. The fraction of sp³-hybridized carbons (Fsp3) is 0.533. The normalized spacial score (nSPS) is 17.5. The van der Waals surface area contributed by atoms with Crippen molar-refractivity contribution in [2.75, 3.05) is 19.3 Å². The van der Waals surface area contributed by atoms with E-state index in [9.17, 15) is 8.42 Å². The number of piperidine rings is 1. The van der Waals surface area contributed by atoms with Crippen molar-refractivity contribution in [2.45, 2.75) is 32.6 Å². The Bertz CT molecular complexity index is 809. The summed E-state index contributed by atoms with van der Waals surface area (Å²) in [6, 6.07) is 1.91. The number of aromatic nitrogens is 3. The lowest BCUT2D eigenvalue weighted by atomic mass is 9.99. The summed E-state index contributed by atoms with van der Waals surface area (Å²) >= 11 is 1.67. The molecule has 0 amide bonds. The van der Waals surface area contributed by atoms with Crippen LogP contribution in [0.3, 0.4) is 0 Å². The largest absolute Gasteiger partial charge is 0.246 e. The van der Waals surface area contributed by atoms with Crippen molar-refractivity contribution in [2.24, 2.45) is 0 Å². The van der Waals surface area contributed by atoms with Crippen molar-refractivity contribution < 1.29 is 8.42 Å². The average Bonchev–Trinajstić information content (AvgIpc) is 2.88. The number of thiazole rings is 1. The molecule has 1 fully saturated rings. The van der Waals surface area contributed by atoms with E-state index < -0.39 is 10.0 Å². The summed E-state index contributed by atoms with van der Waals surface area (Å²) in [5.41, 5.74) is 1.89. The van der Waals surface area contributed by atoms with E-state index in [1.54, 1.807) is 21.8 Å². The van der Waals surface area contributed by atoms with Gasteiger partial charge in [-0.25, -0.2) is 27.7 Å². The maximum atomic E-state index is 11.6. The zero-order valence-electron chi connectivity index (χ0n) is 13.5. The van der Waals surface area contributed by atoms with Crippen LogP contribution in [0.2, 0.25) is 0 Å². The van der Waals surface area contributed by atoms with Crippen LogP contribution in [0.15, 0.2) is 12.3 Å². The summed E-state index contributed by atoms with van der Waals surface area (Å²) in [4.78, 5) is 14.4. The van der Waals surface area contributed by atoms with Gasteiger partial charge in [0.05, 0.1) is 27.5 Å². The minimum absolute atomic E-state index is 0.327. The smallest absolute Gasteiger partial charge is 0.211 e. The second-order valence-corrected chi connectivity index (χ2v) is 8.91. The molecule has 0 N–H and O–H groups in total. The van der Waals surface area contributed by atoms with E-state index in [1.807, 2.05) is 19.9 Å². The van der Waals surface area contributed by atoms with Gasteiger partial charge in [0.2, 0.25) is 10.0 Å². The first-order valence-corrected chi connectivity index (χ1v) is 10.2. The molecule has 2 aromatic heterocycles. The molecule has 0 bridgehead atoms. The molecule has 0 spiro atoms. The highest BCUT2D eigenvalue weighted by atomic mass is 32.2. The van der Waals surface area contributed by atoms with Gasteiger partial charge in [0, 0.05) is 25.2 Å². The molecule has 3 rings (SSSR count). The molecule has 0 aliphatic carbocycles. The van der Waals surface area contributed by atoms with Crippen LogP contribution in [0.5, 0.6) is 0 Å². The van der Waals surface area contributed by atoms with Crippen molar-refractivity contribution >= 4 is 21.4 Å². The summed E-state index contributed by atoms with van der Waals surface area (Å²) in [5.74, 6) is 1.08. The van der Waals surface area contributed by atoms with Gasteiger partial charge in [-0.2, -0.15) is 0 Å². The van der Waals surface area contributed by atoms with Crippen molar-refractivity contribution in [3.8, 4) is 10.6 Å². The molecule has 124 valence electrons. The summed E-state index contributed by atoms with van der Waals surface area (Å²) < 4.78 is 24.8. The SMILES string of the molecule is Cc1nccc(-c2sc(C3CCN(S(C)(=O)=O)CC3)nc2C)n1. The molecule has 3 heterocycles. The van der Waals surface area contributed by atoms with Gasteiger partial charge in [-0.1, -0.05) is 0 Å². The molecule has 23 heavy (non-hydrogen) atoms. The van der Waals surface area contributed by atoms with E-state index in [0.717, 1.165) is 39.9 Å². The average molecular weight is 352 g/mol. The van der Waals surface area contributed by atoms with Gasteiger partial charge < -0.3 is 0 Å². The van der Waals surface area contributed by atoms with Crippen LogP contribution < -0.4 is 0 Å². The maximum Gasteiger partial charge on any atom is 0.211 e. The third-order valence-electron chi connectivity index (χ3n) is 4.09. The lowest BCUT2D eigenvalue weighted by Gasteiger charge is -2.29. The van der Waals surface area contributed by atoms with Crippen molar-refractivity contribution in [3.63, 3.8) is 0 Å². The highest BCUT2D eigenvalue weighted by Crippen LogP contribution is 2.36. The van der Waals surface area contributed by atoms with Crippen molar-refractivity contribution in [1.29, 1.82) is 0 Å². The van der Waals surface area contributed by atoms with Gasteiger partial charge >= 0.3 is 0 Å². The number of hydrogen-bond donors (Lipinski definition) is 0. The molecule has 6 nitrogen and oxygen atoms in total. The molecule has 2 aromatic rings. The Morgan fingerprint density at radius 2 is 1.91 bits per heavy atom. The minimum atomic E-state index is -3.08. The van der Waals surface area contributed by atoms with Crippen LogP contribution in [0.25, 0.3) is 10.6 Å². The summed E-state index contributed by atoms with van der Waals surface area (Å²) in [7, 11) is -3.08. The monoisotopic (exact) mass is 352 g/mol. The Labute approximate surface area is 140 Å². The molecule has 1 aliphatic heterocycles. The Morgan fingerprint density at radius 1 is 1.22 bits per heavy atom. The molecule has 0 saturated carbocycles. The van der Waals surface area contributed by atoms with Gasteiger partial charge in [0.25, 0.3) is 0 Å². The third kappa shape index (κ3) is 3.59. The predicted molar refractivity (Wildman–Crippen MR) is 91.0 cm³/mol. The standard InChI is InChI=1S/C15H20N4O2S2/c1-10-14(13-4-7-16-11(2)18-13)22-15(17-10)12-5-8-19(9-6-12)23(3,20)21/h4,7,12H,5-6,8-9H2,1-3H3. The molecular formula is C15H20N4O2S2. The van der Waals surface area contributed by atoms with Gasteiger partial charge in [-0.3, -0.25) is 0 Å². The first-order chi connectivity index (χ1) is 10.8. The molecule has 0 aromatic carbocycles. The summed E-state index contributed by atoms with van der Waals surface area (Å²) in [6.45, 7) is 5.02. The Kier molecular flexibility index (Phi) is 4.48. The summed E-state index contributed by atoms with van der Waals surface area (Å²) in [5, 5.41) is 1.09. The van der Waals surface area contributed by atoms with E-state index in [4.69, 9.17) is 4.98 Å². The maximum absolute atomic E-state index is 11.6. The molecule has 0 unspecified atom stereocenters. The molecular weight excluding hydrogens is 332 g/mol. The van der Waals surface area contributed by atoms with E-state index in [1.165, 1.54) is 6.26 Å². The number of nitrogens with zero attached hydrogens (tertiary/aromatic N) is 4. The molecule has 0 atom stereocenters. The highest BCUT2D eigenvalue weighted by molar-refractivity contribution is 7.88. The quantitative estimate of drug-likeness (QED) is 0.847. The molecule has 1 aliphatic rings. The fourth-order valence-corrected chi connectivity index (χ4v) is 4.93. The molecule has 0 radical (unpaired) electrons. The number of aryl methyl sites for hydroxylation is 2. The summed E-state index contributed by atoms with van der Waals surface area (Å²) in [6.07, 6.45) is 4.68. The third-order valence-corrected chi connectivity index (χ3v) is 6.74. The van der Waals surface area contributed by atoms with E-state index in [-0.39, 0.29) is 0 Å². The first-order valence-electron chi connectivity index (χ1n) is 7.57.